The van der Waals surface area contributed by atoms with Crippen LogP contribution in [0.2, 0.25) is 0 Å². The second-order valence-corrected chi connectivity index (χ2v) is 4.53. The first-order chi connectivity index (χ1) is 8.74. The third-order valence-electron chi connectivity index (χ3n) is 3.17. The van der Waals surface area contributed by atoms with Crippen molar-refractivity contribution in [3.05, 3.63) is 30.1 Å². The number of rotatable bonds is 2. The van der Waals surface area contributed by atoms with Gasteiger partial charge in [0.05, 0.1) is 12.2 Å². The van der Waals surface area contributed by atoms with Crippen molar-refractivity contribution in [3.8, 4) is 0 Å². The average Bonchev–Trinajstić information content (AvgIpc) is 3.09. The number of aromatic nitrogens is 5. The van der Waals surface area contributed by atoms with Crippen LogP contribution < -0.4 is 0 Å². The second kappa shape index (κ2) is 4.25. The maximum Gasteiger partial charge on any atom is 0.291 e. The highest BCUT2D eigenvalue weighted by atomic mass is 16.2. The van der Waals surface area contributed by atoms with Crippen LogP contribution >= 0.6 is 0 Å². The maximum atomic E-state index is 12.1. The summed E-state index contributed by atoms with van der Waals surface area (Å²) in [7, 11) is 0. The first kappa shape index (κ1) is 10.9. The van der Waals surface area contributed by atoms with Gasteiger partial charge in [-0.1, -0.05) is 0 Å². The van der Waals surface area contributed by atoms with Gasteiger partial charge >= 0.3 is 0 Å². The summed E-state index contributed by atoms with van der Waals surface area (Å²) in [4.78, 5) is 17.7. The molecule has 1 atom stereocenters. The molecule has 18 heavy (non-hydrogen) atoms. The van der Waals surface area contributed by atoms with Gasteiger partial charge in [0.2, 0.25) is 5.82 Å². The number of carbonyl (C=O) groups is 1. The Labute approximate surface area is 104 Å². The van der Waals surface area contributed by atoms with Crippen LogP contribution in [0.1, 0.15) is 28.6 Å². The molecule has 2 aromatic rings. The highest BCUT2D eigenvalue weighted by molar-refractivity contribution is 5.90. The first-order valence-corrected chi connectivity index (χ1v) is 5.89. The minimum atomic E-state index is -0.0983. The lowest BCUT2D eigenvalue weighted by Gasteiger charge is -2.14. The van der Waals surface area contributed by atoms with Crippen molar-refractivity contribution in [2.45, 2.75) is 19.4 Å². The van der Waals surface area contributed by atoms with E-state index >= 15 is 0 Å². The Balaban J connectivity index is 1.70. The van der Waals surface area contributed by atoms with Gasteiger partial charge in [-0.05, 0) is 18.9 Å². The minimum absolute atomic E-state index is 0.0983. The molecular formula is C11H14N6O. The van der Waals surface area contributed by atoms with Crippen molar-refractivity contribution >= 4 is 5.91 Å². The van der Waals surface area contributed by atoms with E-state index < -0.39 is 0 Å². The van der Waals surface area contributed by atoms with E-state index in [2.05, 4.69) is 20.3 Å². The molecule has 7 nitrogen and oxygen atoms in total. The summed E-state index contributed by atoms with van der Waals surface area (Å²) in [6.07, 6.45) is 6.10. The molecular weight excluding hydrogens is 232 g/mol. The molecule has 0 aromatic carbocycles. The Hall–Kier alpha value is -2.18. The molecule has 0 saturated carbocycles. The lowest BCUT2D eigenvalue weighted by molar-refractivity contribution is 0.0775. The highest BCUT2D eigenvalue weighted by Gasteiger charge is 2.29. The summed E-state index contributed by atoms with van der Waals surface area (Å²) < 4.78 is 1.93. The lowest BCUT2D eigenvalue weighted by Crippen LogP contribution is -2.30. The fourth-order valence-corrected chi connectivity index (χ4v) is 2.23. The molecule has 94 valence electrons. The van der Waals surface area contributed by atoms with Crippen molar-refractivity contribution in [1.82, 2.24) is 29.9 Å². The molecule has 3 heterocycles. The maximum absolute atomic E-state index is 12.1. The summed E-state index contributed by atoms with van der Waals surface area (Å²) in [5.41, 5.74) is 1.13. The standard InChI is InChI=1S/C11H14N6O/c1-8-4-14-17(5-8)9-2-3-16(6-9)11(18)10-12-7-13-15-10/h4-5,7,9H,2-3,6H2,1H3,(H,12,13,15). The van der Waals surface area contributed by atoms with E-state index in [-0.39, 0.29) is 11.9 Å². The number of likely N-dealkylation sites (tertiary alicyclic amines) is 1. The molecule has 1 saturated heterocycles. The molecule has 1 fully saturated rings. The van der Waals surface area contributed by atoms with Crippen LogP contribution in [0.25, 0.3) is 0 Å². The number of aromatic amines is 1. The number of H-pyrrole nitrogens is 1. The van der Waals surface area contributed by atoms with E-state index in [1.807, 2.05) is 24.0 Å². The van der Waals surface area contributed by atoms with Crippen LogP contribution in [0.15, 0.2) is 18.7 Å². The number of hydrogen-bond acceptors (Lipinski definition) is 4. The summed E-state index contributed by atoms with van der Waals surface area (Å²) >= 11 is 0. The smallest absolute Gasteiger partial charge is 0.291 e. The van der Waals surface area contributed by atoms with Gasteiger partial charge in [-0.3, -0.25) is 14.6 Å². The Morgan fingerprint density at radius 2 is 2.44 bits per heavy atom. The molecule has 7 heteroatoms. The van der Waals surface area contributed by atoms with Crippen LogP contribution in [-0.2, 0) is 0 Å². The van der Waals surface area contributed by atoms with Gasteiger partial charge in [0.1, 0.15) is 6.33 Å². The monoisotopic (exact) mass is 246 g/mol. The van der Waals surface area contributed by atoms with Crippen molar-refractivity contribution in [2.24, 2.45) is 0 Å². The SMILES string of the molecule is Cc1cnn(C2CCN(C(=O)c3ncn[nH]3)C2)c1. The topological polar surface area (TPSA) is 79.7 Å². The molecule has 0 spiro atoms. The Morgan fingerprint density at radius 3 is 3.11 bits per heavy atom. The molecule has 2 aromatic heterocycles. The molecule has 1 aliphatic rings. The van der Waals surface area contributed by atoms with E-state index in [9.17, 15) is 4.79 Å². The quantitative estimate of drug-likeness (QED) is 0.831. The second-order valence-electron chi connectivity index (χ2n) is 4.53. The number of carbonyl (C=O) groups excluding carboxylic acids is 1. The van der Waals surface area contributed by atoms with Crippen LogP contribution in [0.3, 0.4) is 0 Å². The predicted molar refractivity (Wildman–Crippen MR) is 62.9 cm³/mol. The van der Waals surface area contributed by atoms with E-state index in [1.54, 1.807) is 4.90 Å². The third-order valence-corrected chi connectivity index (χ3v) is 3.17. The largest absolute Gasteiger partial charge is 0.334 e. The van der Waals surface area contributed by atoms with Gasteiger partial charge in [-0.2, -0.15) is 10.2 Å². The fraction of sp³-hybridized carbons (Fsp3) is 0.455. The summed E-state index contributed by atoms with van der Waals surface area (Å²) in [5.74, 6) is 0.200. The van der Waals surface area contributed by atoms with E-state index in [1.165, 1.54) is 6.33 Å². The predicted octanol–water partition coefficient (Wildman–Crippen LogP) is 0.397. The van der Waals surface area contributed by atoms with Crippen LogP contribution in [-0.4, -0.2) is 48.9 Å². The summed E-state index contributed by atoms with van der Waals surface area (Å²) in [5, 5.41) is 10.6. The van der Waals surface area contributed by atoms with Gasteiger partial charge in [0, 0.05) is 19.3 Å². The Bertz CT molecular complexity index is 546. The van der Waals surface area contributed by atoms with Gasteiger partial charge in [0.25, 0.3) is 5.91 Å². The van der Waals surface area contributed by atoms with Gasteiger partial charge in [0.15, 0.2) is 0 Å². The lowest BCUT2D eigenvalue weighted by atomic mass is 10.3. The number of amides is 1. The van der Waals surface area contributed by atoms with E-state index in [0.29, 0.717) is 12.4 Å². The van der Waals surface area contributed by atoms with E-state index in [4.69, 9.17) is 0 Å². The van der Waals surface area contributed by atoms with Gasteiger partial charge < -0.3 is 4.90 Å². The molecule has 0 radical (unpaired) electrons. The van der Waals surface area contributed by atoms with Gasteiger partial charge in [-0.15, -0.1) is 0 Å². The number of nitrogens with one attached hydrogen (secondary N) is 1. The van der Waals surface area contributed by atoms with Gasteiger partial charge in [-0.25, -0.2) is 4.98 Å². The van der Waals surface area contributed by atoms with E-state index in [0.717, 1.165) is 18.5 Å². The zero-order chi connectivity index (χ0) is 12.5. The molecule has 0 aliphatic carbocycles. The summed E-state index contributed by atoms with van der Waals surface area (Å²) in [6.45, 7) is 3.40. The Kier molecular flexibility index (Phi) is 2.58. The fourth-order valence-electron chi connectivity index (χ4n) is 2.23. The van der Waals surface area contributed by atoms with Crippen LogP contribution in [0.5, 0.6) is 0 Å². The number of hydrogen-bond donors (Lipinski definition) is 1. The highest BCUT2D eigenvalue weighted by Crippen LogP contribution is 2.22. The zero-order valence-corrected chi connectivity index (χ0v) is 10.1. The molecule has 3 rings (SSSR count). The first-order valence-electron chi connectivity index (χ1n) is 5.89. The minimum Gasteiger partial charge on any atom is -0.334 e. The van der Waals surface area contributed by atoms with Crippen molar-refractivity contribution < 1.29 is 4.79 Å². The van der Waals surface area contributed by atoms with Crippen molar-refractivity contribution in [3.63, 3.8) is 0 Å². The molecule has 1 unspecified atom stereocenters. The van der Waals surface area contributed by atoms with Crippen molar-refractivity contribution in [2.75, 3.05) is 13.1 Å². The van der Waals surface area contributed by atoms with Crippen LogP contribution in [0.4, 0.5) is 0 Å². The summed E-state index contributed by atoms with van der Waals surface area (Å²) in [6, 6.07) is 0.255. The zero-order valence-electron chi connectivity index (χ0n) is 10.1. The normalized spacial score (nSPS) is 19.4. The third kappa shape index (κ3) is 1.87. The molecule has 1 aliphatic heterocycles. The number of aryl methyl sites for hydroxylation is 1. The Morgan fingerprint density at radius 1 is 1.56 bits per heavy atom. The average molecular weight is 246 g/mol. The van der Waals surface area contributed by atoms with Crippen molar-refractivity contribution in [1.29, 1.82) is 0 Å². The molecule has 0 bridgehead atoms. The molecule has 1 N–H and O–H groups in total. The number of nitrogens with zero attached hydrogens (tertiary/aromatic N) is 5. The van der Waals surface area contributed by atoms with Crippen LogP contribution in [0, 0.1) is 6.92 Å². The molecule has 1 amide bonds.